The normalized spacial score (nSPS) is 11.2. The highest BCUT2D eigenvalue weighted by Gasteiger charge is 2.26. The lowest BCUT2D eigenvalue weighted by molar-refractivity contribution is -0.140. The fraction of sp³-hybridized carbons (Fsp3) is 0.467. The van der Waals surface area contributed by atoms with Crippen LogP contribution in [0.25, 0.3) is 0 Å². The molecule has 0 fully saturated rings. The third kappa shape index (κ3) is 5.33. The second kappa shape index (κ2) is 6.88. The van der Waals surface area contributed by atoms with E-state index in [0.717, 1.165) is 10.0 Å². The molecule has 0 saturated heterocycles. The molecular weight excluding hydrogens is 322 g/mol. The van der Waals surface area contributed by atoms with Crippen LogP contribution in [0.5, 0.6) is 0 Å². The number of nitrogens with zero attached hydrogens (tertiary/aromatic N) is 1. The molecule has 0 atom stereocenters. The molecule has 1 N–H and O–H groups in total. The van der Waals surface area contributed by atoms with Crippen LogP contribution in [-0.2, 0) is 16.0 Å². The number of aliphatic carboxylic acids is 1. The van der Waals surface area contributed by atoms with Crippen LogP contribution in [0, 0.1) is 0 Å². The standard InChI is InChI=1S/C15H20BrNO3/c1-15(2,3)17(9-8-14(19)20)13(18)10-11-4-6-12(16)7-5-11/h4-7H,8-10H2,1-3H3,(H,19,20). The van der Waals surface area contributed by atoms with Gasteiger partial charge in [-0.2, -0.15) is 0 Å². The molecule has 0 bridgehead atoms. The first-order chi connectivity index (χ1) is 9.20. The molecule has 5 heteroatoms. The molecule has 0 radical (unpaired) electrons. The molecule has 0 saturated carbocycles. The highest BCUT2D eigenvalue weighted by Crippen LogP contribution is 2.17. The Kier molecular flexibility index (Phi) is 5.74. The summed E-state index contributed by atoms with van der Waals surface area (Å²) in [4.78, 5) is 24.7. The number of benzene rings is 1. The van der Waals surface area contributed by atoms with Crippen LogP contribution >= 0.6 is 15.9 Å². The van der Waals surface area contributed by atoms with Gasteiger partial charge in [-0.3, -0.25) is 9.59 Å². The van der Waals surface area contributed by atoms with Crippen molar-refractivity contribution in [3.8, 4) is 0 Å². The summed E-state index contributed by atoms with van der Waals surface area (Å²) >= 11 is 3.35. The second-order valence-electron chi connectivity index (χ2n) is 5.66. The summed E-state index contributed by atoms with van der Waals surface area (Å²) in [5.74, 6) is -0.947. The van der Waals surface area contributed by atoms with Crippen molar-refractivity contribution < 1.29 is 14.7 Å². The smallest absolute Gasteiger partial charge is 0.305 e. The van der Waals surface area contributed by atoms with Gasteiger partial charge in [-0.25, -0.2) is 0 Å². The summed E-state index contributed by atoms with van der Waals surface area (Å²) in [6.45, 7) is 5.96. The van der Waals surface area contributed by atoms with Gasteiger partial charge in [0, 0.05) is 16.6 Å². The fourth-order valence-corrected chi connectivity index (χ4v) is 2.18. The Bertz CT molecular complexity index is 477. The van der Waals surface area contributed by atoms with Gasteiger partial charge in [0.2, 0.25) is 5.91 Å². The summed E-state index contributed by atoms with van der Waals surface area (Å²) in [6.07, 6.45) is 0.244. The van der Waals surface area contributed by atoms with E-state index < -0.39 is 5.97 Å². The van der Waals surface area contributed by atoms with E-state index in [1.54, 1.807) is 4.90 Å². The molecule has 20 heavy (non-hydrogen) atoms. The molecule has 0 aromatic heterocycles. The number of halogens is 1. The van der Waals surface area contributed by atoms with Crippen molar-refractivity contribution in [1.29, 1.82) is 0 Å². The lowest BCUT2D eigenvalue weighted by atomic mass is 10.0. The van der Waals surface area contributed by atoms with Crippen LogP contribution < -0.4 is 0 Å². The second-order valence-corrected chi connectivity index (χ2v) is 6.58. The van der Waals surface area contributed by atoms with Crippen molar-refractivity contribution in [3.05, 3.63) is 34.3 Å². The average Bonchev–Trinajstić information content (AvgIpc) is 2.30. The van der Waals surface area contributed by atoms with Gasteiger partial charge in [0.05, 0.1) is 12.8 Å². The van der Waals surface area contributed by atoms with Crippen molar-refractivity contribution in [1.82, 2.24) is 4.90 Å². The third-order valence-electron chi connectivity index (χ3n) is 2.93. The van der Waals surface area contributed by atoms with E-state index in [2.05, 4.69) is 15.9 Å². The highest BCUT2D eigenvalue weighted by molar-refractivity contribution is 9.10. The van der Waals surface area contributed by atoms with E-state index in [1.807, 2.05) is 45.0 Å². The molecule has 0 heterocycles. The van der Waals surface area contributed by atoms with Crippen molar-refractivity contribution in [2.45, 2.75) is 39.2 Å². The van der Waals surface area contributed by atoms with Crippen LogP contribution in [0.15, 0.2) is 28.7 Å². The Morgan fingerprint density at radius 2 is 1.75 bits per heavy atom. The largest absolute Gasteiger partial charge is 0.481 e. The summed E-state index contributed by atoms with van der Waals surface area (Å²) < 4.78 is 0.965. The number of hydrogen-bond acceptors (Lipinski definition) is 2. The molecule has 1 aromatic rings. The zero-order valence-electron chi connectivity index (χ0n) is 12.0. The van der Waals surface area contributed by atoms with Crippen molar-refractivity contribution >= 4 is 27.8 Å². The Morgan fingerprint density at radius 1 is 1.20 bits per heavy atom. The molecule has 1 aromatic carbocycles. The van der Waals surface area contributed by atoms with Crippen molar-refractivity contribution in [3.63, 3.8) is 0 Å². The fourth-order valence-electron chi connectivity index (χ4n) is 1.91. The van der Waals surface area contributed by atoms with Crippen LogP contribution in [-0.4, -0.2) is 34.0 Å². The minimum Gasteiger partial charge on any atom is -0.481 e. The lowest BCUT2D eigenvalue weighted by Gasteiger charge is -2.35. The van der Waals surface area contributed by atoms with Crippen molar-refractivity contribution in [2.24, 2.45) is 0 Å². The number of carboxylic acids is 1. The van der Waals surface area contributed by atoms with Gasteiger partial charge in [0.15, 0.2) is 0 Å². The van der Waals surface area contributed by atoms with Gasteiger partial charge in [-0.05, 0) is 38.5 Å². The van der Waals surface area contributed by atoms with Gasteiger partial charge < -0.3 is 10.0 Å². The molecule has 0 spiro atoms. The molecule has 0 unspecified atom stereocenters. The Balaban J connectivity index is 2.77. The number of hydrogen-bond donors (Lipinski definition) is 1. The van der Waals surface area contributed by atoms with E-state index in [0.29, 0.717) is 0 Å². The molecule has 0 aliphatic carbocycles. The van der Waals surface area contributed by atoms with Gasteiger partial charge in [0.25, 0.3) is 0 Å². The maximum absolute atomic E-state index is 12.4. The summed E-state index contributed by atoms with van der Waals surface area (Å²) in [5.41, 5.74) is 0.532. The molecule has 4 nitrogen and oxygen atoms in total. The maximum atomic E-state index is 12.4. The van der Waals surface area contributed by atoms with Gasteiger partial charge in [-0.15, -0.1) is 0 Å². The SMILES string of the molecule is CC(C)(C)N(CCC(=O)O)C(=O)Cc1ccc(Br)cc1. The Labute approximate surface area is 127 Å². The number of rotatable bonds is 5. The minimum absolute atomic E-state index is 0.0383. The van der Waals surface area contributed by atoms with E-state index in [9.17, 15) is 9.59 Å². The van der Waals surface area contributed by atoms with Gasteiger partial charge in [0.1, 0.15) is 0 Å². The first-order valence-corrected chi connectivity index (χ1v) is 7.26. The molecule has 1 rings (SSSR count). The van der Waals surface area contributed by atoms with E-state index in [1.165, 1.54) is 0 Å². The summed E-state index contributed by atoms with van der Waals surface area (Å²) in [5, 5.41) is 8.79. The van der Waals surface area contributed by atoms with Crippen LogP contribution in [0.2, 0.25) is 0 Å². The van der Waals surface area contributed by atoms with E-state index >= 15 is 0 Å². The third-order valence-corrected chi connectivity index (χ3v) is 3.46. The van der Waals surface area contributed by atoms with Gasteiger partial charge >= 0.3 is 5.97 Å². The number of carbonyl (C=O) groups excluding carboxylic acids is 1. The Morgan fingerprint density at radius 3 is 2.20 bits per heavy atom. The van der Waals surface area contributed by atoms with E-state index in [4.69, 9.17) is 5.11 Å². The zero-order chi connectivity index (χ0) is 15.3. The predicted molar refractivity (Wildman–Crippen MR) is 81.6 cm³/mol. The number of amides is 1. The maximum Gasteiger partial charge on any atom is 0.305 e. The first kappa shape index (κ1) is 16.7. The summed E-state index contributed by atoms with van der Waals surface area (Å²) in [6, 6.07) is 7.56. The van der Waals surface area contributed by atoms with Crippen molar-refractivity contribution in [2.75, 3.05) is 6.54 Å². The van der Waals surface area contributed by atoms with Crippen LogP contribution in [0.4, 0.5) is 0 Å². The van der Waals surface area contributed by atoms with Gasteiger partial charge in [-0.1, -0.05) is 28.1 Å². The highest BCUT2D eigenvalue weighted by atomic mass is 79.9. The minimum atomic E-state index is -0.893. The first-order valence-electron chi connectivity index (χ1n) is 6.47. The molecule has 1 amide bonds. The Hall–Kier alpha value is -1.36. The summed E-state index contributed by atoms with van der Waals surface area (Å²) in [7, 11) is 0. The number of carboxylic acid groups (broad SMARTS) is 1. The average molecular weight is 342 g/mol. The van der Waals surface area contributed by atoms with Crippen LogP contribution in [0.1, 0.15) is 32.8 Å². The zero-order valence-corrected chi connectivity index (χ0v) is 13.6. The molecule has 110 valence electrons. The monoisotopic (exact) mass is 341 g/mol. The quantitative estimate of drug-likeness (QED) is 0.895. The lowest BCUT2D eigenvalue weighted by Crippen LogP contribution is -2.47. The topological polar surface area (TPSA) is 57.6 Å². The number of carbonyl (C=O) groups is 2. The molecule has 0 aliphatic heterocycles. The van der Waals surface area contributed by atoms with E-state index in [-0.39, 0.29) is 30.8 Å². The molecule has 0 aliphatic rings. The predicted octanol–water partition coefficient (Wildman–Crippen LogP) is 3.09. The molecular formula is C15H20BrNO3. The van der Waals surface area contributed by atoms with Crippen LogP contribution in [0.3, 0.4) is 0 Å².